The highest BCUT2D eigenvalue weighted by atomic mass is 16.5. The molecule has 19 heavy (non-hydrogen) atoms. The largest absolute Gasteiger partial charge is 0.354 e. The lowest BCUT2D eigenvalue weighted by atomic mass is 10.3. The summed E-state index contributed by atoms with van der Waals surface area (Å²) in [5, 5.41) is 3.93. The molecule has 1 saturated heterocycles. The zero-order valence-electron chi connectivity index (χ0n) is 10.9. The van der Waals surface area contributed by atoms with Crippen molar-refractivity contribution >= 4 is 5.82 Å². The molecule has 0 saturated carbocycles. The van der Waals surface area contributed by atoms with Gasteiger partial charge in [0.1, 0.15) is 12.1 Å². The summed E-state index contributed by atoms with van der Waals surface area (Å²) in [4.78, 5) is 17.0. The third kappa shape index (κ3) is 2.87. The first-order valence-corrected chi connectivity index (χ1v) is 6.34. The summed E-state index contributed by atoms with van der Waals surface area (Å²) in [5.41, 5.74) is 0. The molecule has 2 aromatic heterocycles. The van der Waals surface area contributed by atoms with Gasteiger partial charge in [-0.15, -0.1) is 0 Å². The number of piperazine rings is 1. The predicted molar refractivity (Wildman–Crippen MR) is 68.6 cm³/mol. The first-order valence-electron chi connectivity index (χ1n) is 6.34. The lowest BCUT2D eigenvalue weighted by molar-refractivity contribution is 0.239. The molecule has 3 rings (SSSR count). The topological polar surface area (TPSA) is 71.2 Å². The molecule has 0 spiro atoms. The monoisotopic (exact) mass is 260 g/mol. The van der Waals surface area contributed by atoms with Crippen LogP contribution in [0.1, 0.15) is 11.7 Å². The molecule has 0 radical (unpaired) electrons. The highest BCUT2D eigenvalue weighted by Gasteiger charge is 2.19. The third-order valence-electron chi connectivity index (χ3n) is 3.20. The van der Waals surface area contributed by atoms with Gasteiger partial charge >= 0.3 is 0 Å². The molecule has 1 fully saturated rings. The first-order chi connectivity index (χ1) is 9.31. The Balaban J connectivity index is 1.55. The number of anilines is 1. The van der Waals surface area contributed by atoms with Gasteiger partial charge in [-0.1, -0.05) is 5.16 Å². The molecule has 0 amide bonds. The van der Waals surface area contributed by atoms with Crippen LogP contribution in [-0.4, -0.2) is 51.2 Å². The minimum Gasteiger partial charge on any atom is -0.354 e. The van der Waals surface area contributed by atoms with Gasteiger partial charge in [-0.05, 0) is 6.07 Å². The van der Waals surface area contributed by atoms with Crippen LogP contribution in [0.25, 0.3) is 0 Å². The van der Waals surface area contributed by atoms with Crippen LogP contribution in [0, 0.1) is 6.92 Å². The van der Waals surface area contributed by atoms with Crippen molar-refractivity contribution in [2.75, 3.05) is 31.1 Å². The Morgan fingerprint density at radius 1 is 1.26 bits per heavy atom. The Kier molecular flexibility index (Phi) is 3.37. The van der Waals surface area contributed by atoms with Crippen LogP contribution in [0.4, 0.5) is 5.82 Å². The van der Waals surface area contributed by atoms with Gasteiger partial charge in [-0.3, -0.25) is 4.90 Å². The summed E-state index contributed by atoms with van der Waals surface area (Å²) in [5.74, 6) is 2.37. The van der Waals surface area contributed by atoms with Crippen LogP contribution >= 0.6 is 0 Å². The van der Waals surface area contributed by atoms with E-state index in [0.29, 0.717) is 5.89 Å². The van der Waals surface area contributed by atoms with Crippen molar-refractivity contribution in [3.8, 4) is 0 Å². The second kappa shape index (κ2) is 5.31. The van der Waals surface area contributed by atoms with Crippen molar-refractivity contribution < 1.29 is 4.52 Å². The Hall–Kier alpha value is -2.02. The summed E-state index contributed by atoms with van der Waals surface area (Å²) in [6.45, 7) is 6.40. The number of hydrogen-bond acceptors (Lipinski definition) is 7. The predicted octanol–water partition coefficient (Wildman–Crippen LogP) is 0.490. The van der Waals surface area contributed by atoms with E-state index in [1.54, 1.807) is 12.5 Å². The second-order valence-electron chi connectivity index (χ2n) is 4.56. The summed E-state index contributed by atoms with van der Waals surface area (Å²) >= 11 is 0. The maximum atomic E-state index is 4.98. The van der Waals surface area contributed by atoms with Crippen LogP contribution in [0.15, 0.2) is 23.1 Å². The zero-order chi connectivity index (χ0) is 13.1. The average Bonchev–Trinajstić information content (AvgIpc) is 2.86. The SMILES string of the molecule is Cc1nc(CN2CCN(c3ccncn3)CC2)no1. The molecule has 1 aliphatic heterocycles. The minimum atomic E-state index is 0.620. The molecule has 100 valence electrons. The molecule has 0 unspecified atom stereocenters. The van der Waals surface area contributed by atoms with E-state index < -0.39 is 0 Å². The summed E-state index contributed by atoms with van der Waals surface area (Å²) < 4.78 is 4.98. The molecular formula is C12H16N6O. The van der Waals surface area contributed by atoms with E-state index in [1.807, 2.05) is 13.0 Å². The Morgan fingerprint density at radius 3 is 2.74 bits per heavy atom. The average molecular weight is 260 g/mol. The fraction of sp³-hybridized carbons (Fsp3) is 0.500. The van der Waals surface area contributed by atoms with Crippen LogP contribution in [0.3, 0.4) is 0 Å². The Morgan fingerprint density at radius 2 is 2.11 bits per heavy atom. The van der Waals surface area contributed by atoms with E-state index in [0.717, 1.165) is 44.4 Å². The number of hydrogen-bond donors (Lipinski definition) is 0. The normalized spacial score (nSPS) is 16.8. The zero-order valence-corrected chi connectivity index (χ0v) is 10.9. The molecule has 3 heterocycles. The van der Waals surface area contributed by atoms with E-state index in [4.69, 9.17) is 4.52 Å². The quantitative estimate of drug-likeness (QED) is 0.795. The molecule has 0 aromatic carbocycles. The summed E-state index contributed by atoms with van der Waals surface area (Å²) in [6.07, 6.45) is 3.36. The van der Waals surface area contributed by atoms with E-state index in [9.17, 15) is 0 Å². The number of rotatable bonds is 3. The van der Waals surface area contributed by atoms with Gasteiger partial charge in [0.05, 0.1) is 6.54 Å². The van der Waals surface area contributed by atoms with Crippen molar-refractivity contribution in [2.45, 2.75) is 13.5 Å². The van der Waals surface area contributed by atoms with Gasteiger partial charge in [-0.25, -0.2) is 9.97 Å². The molecule has 0 aliphatic carbocycles. The van der Waals surface area contributed by atoms with Gasteiger partial charge < -0.3 is 9.42 Å². The molecule has 0 atom stereocenters. The van der Waals surface area contributed by atoms with Crippen molar-refractivity contribution in [3.63, 3.8) is 0 Å². The molecule has 0 bridgehead atoms. The maximum absolute atomic E-state index is 4.98. The van der Waals surface area contributed by atoms with Crippen LogP contribution < -0.4 is 4.90 Å². The standard InChI is InChI=1S/C12H16N6O/c1-10-15-11(16-19-10)8-17-4-6-18(7-5-17)12-2-3-13-9-14-12/h2-3,9H,4-8H2,1H3. The van der Waals surface area contributed by atoms with Gasteiger partial charge in [0.2, 0.25) is 5.89 Å². The Labute approximate surface area is 111 Å². The fourth-order valence-corrected chi connectivity index (χ4v) is 2.21. The summed E-state index contributed by atoms with van der Waals surface area (Å²) in [6, 6.07) is 1.94. The van der Waals surface area contributed by atoms with Crippen LogP contribution in [-0.2, 0) is 6.54 Å². The van der Waals surface area contributed by atoms with E-state index in [2.05, 4.69) is 29.9 Å². The molecular weight excluding hydrogens is 244 g/mol. The molecule has 1 aliphatic rings. The lowest BCUT2D eigenvalue weighted by Gasteiger charge is -2.34. The van der Waals surface area contributed by atoms with Crippen molar-refractivity contribution in [1.82, 2.24) is 25.0 Å². The van der Waals surface area contributed by atoms with Crippen molar-refractivity contribution in [3.05, 3.63) is 30.3 Å². The highest BCUT2D eigenvalue weighted by Crippen LogP contribution is 2.13. The minimum absolute atomic E-state index is 0.620. The van der Waals surface area contributed by atoms with E-state index in [-0.39, 0.29) is 0 Å². The highest BCUT2D eigenvalue weighted by molar-refractivity contribution is 5.36. The lowest BCUT2D eigenvalue weighted by Crippen LogP contribution is -2.46. The second-order valence-corrected chi connectivity index (χ2v) is 4.56. The third-order valence-corrected chi connectivity index (χ3v) is 3.20. The summed E-state index contributed by atoms with van der Waals surface area (Å²) in [7, 11) is 0. The molecule has 7 heteroatoms. The van der Waals surface area contributed by atoms with E-state index in [1.165, 1.54) is 0 Å². The molecule has 2 aromatic rings. The van der Waals surface area contributed by atoms with Gasteiger partial charge in [-0.2, -0.15) is 4.98 Å². The maximum Gasteiger partial charge on any atom is 0.223 e. The fourth-order valence-electron chi connectivity index (χ4n) is 2.21. The number of aryl methyl sites for hydroxylation is 1. The number of aromatic nitrogens is 4. The van der Waals surface area contributed by atoms with Gasteiger partial charge in [0, 0.05) is 39.3 Å². The molecule has 0 N–H and O–H groups in total. The molecule has 7 nitrogen and oxygen atoms in total. The van der Waals surface area contributed by atoms with Gasteiger partial charge in [0.15, 0.2) is 5.82 Å². The van der Waals surface area contributed by atoms with Crippen molar-refractivity contribution in [1.29, 1.82) is 0 Å². The smallest absolute Gasteiger partial charge is 0.223 e. The first kappa shape index (κ1) is 12.0. The van der Waals surface area contributed by atoms with Crippen LogP contribution in [0.2, 0.25) is 0 Å². The van der Waals surface area contributed by atoms with Crippen LogP contribution in [0.5, 0.6) is 0 Å². The van der Waals surface area contributed by atoms with Crippen molar-refractivity contribution in [2.24, 2.45) is 0 Å². The van der Waals surface area contributed by atoms with E-state index >= 15 is 0 Å². The number of nitrogens with zero attached hydrogens (tertiary/aromatic N) is 6. The van der Waals surface area contributed by atoms with Gasteiger partial charge in [0.25, 0.3) is 0 Å². The Bertz CT molecular complexity index is 520.